The van der Waals surface area contributed by atoms with E-state index in [0.717, 1.165) is 30.3 Å². The molecule has 0 bridgehead atoms. The molecule has 2 rings (SSSR count). The van der Waals surface area contributed by atoms with E-state index in [1.165, 1.54) is 12.1 Å². The predicted molar refractivity (Wildman–Crippen MR) is 71.4 cm³/mol. The molecule has 0 spiro atoms. The van der Waals surface area contributed by atoms with Crippen LogP contribution >= 0.6 is 11.6 Å². The zero-order valence-electron chi connectivity index (χ0n) is 10.9. The van der Waals surface area contributed by atoms with Gasteiger partial charge in [0, 0.05) is 5.88 Å². The molecule has 0 amide bonds. The molecule has 0 aromatic heterocycles. The van der Waals surface area contributed by atoms with Crippen molar-refractivity contribution < 1.29 is 26.3 Å². The summed E-state index contributed by atoms with van der Waals surface area (Å²) in [6.45, 7) is 0. The molecule has 0 aliphatic rings. The molecule has 0 N–H and O–H groups in total. The fourth-order valence-corrected chi connectivity index (χ4v) is 2.42. The van der Waals surface area contributed by atoms with Crippen LogP contribution in [0.2, 0.25) is 0 Å². The first-order valence-corrected chi connectivity index (χ1v) is 6.60. The SMILES string of the molecule is FC(F)(F)c1cccc(-c2cccc(C(F)(F)F)c2CCl)c1. The number of hydrogen-bond donors (Lipinski definition) is 0. The van der Waals surface area contributed by atoms with Gasteiger partial charge in [0.1, 0.15) is 0 Å². The second-order valence-electron chi connectivity index (χ2n) is 4.54. The molecular weight excluding hydrogens is 330 g/mol. The van der Waals surface area contributed by atoms with Crippen molar-refractivity contribution in [2.24, 2.45) is 0 Å². The van der Waals surface area contributed by atoms with Gasteiger partial charge in [0.05, 0.1) is 11.1 Å². The van der Waals surface area contributed by atoms with E-state index < -0.39 is 29.4 Å². The molecule has 0 fully saturated rings. The Bertz CT molecular complexity index is 672. The van der Waals surface area contributed by atoms with Crippen LogP contribution in [-0.2, 0) is 18.2 Å². The van der Waals surface area contributed by atoms with Crippen LogP contribution in [0.1, 0.15) is 16.7 Å². The quantitative estimate of drug-likeness (QED) is 0.456. The summed E-state index contributed by atoms with van der Waals surface area (Å²) in [5, 5.41) is 0. The van der Waals surface area contributed by atoms with Gasteiger partial charge in [-0.3, -0.25) is 0 Å². The maximum atomic E-state index is 13.0. The summed E-state index contributed by atoms with van der Waals surface area (Å²) in [6, 6.07) is 7.46. The van der Waals surface area contributed by atoms with Crippen LogP contribution < -0.4 is 0 Å². The van der Waals surface area contributed by atoms with E-state index >= 15 is 0 Å². The zero-order chi connectivity index (χ0) is 16.5. The van der Waals surface area contributed by atoms with Crippen LogP contribution in [0.3, 0.4) is 0 Å². The van der Waals surface area contributed by atoms with Crippen molar-refractivity contribution in [1.82, 2.24) is 0 Å². The first-order valence-electron chi connectivity index (χ1n) is 6.07. The van der Waals surface area contributed by atoms with Crippen LogP contribution in [0.4, 0.5) is 26.3 Å². The van der Waals surface area contributed by atoms with Gasteiger partial charge in [-0.15, -0.1) is 11.6 Å². The van der Waals surface area contributed by atoms with Crippen LogP contribution in [0.5, 0.6) is 0 Å². The van der Waals surface area contributed by atoms with Crippen LogP contribution in [0.25, 0.3) is 11.1 Å². The van der Waals surface area contributed by atoms with E-state index in [0.29, 0.717) is 0 Å². The minimum atomic E-state index is -4.62. The highest BCUT2D eigenvalue weighted by atomic mass is 35.5. The number of alkyl halides is 7. The summed E-state index contributed by atoms with van der Waals surface area (Å²) < 4.78 is 77.1. The van der Waals surface area contributed by atoms with Gasteiger partial charge in [0.25, 0.3) is 0 Å². The van der Waals surface area contributed by atoms with E-state index in [-0.39, 0.29) is 16.7 Å². The largest absolute Gasteiger partial charge is 0.416 e. The molecule has 0 nitrogen and oxygen atoms in total. The molecule has 2 aromatic carbocycles. The third-order valence-corrected chi connectivity index (χ3v) is 3.38. The Labute approximate surface area is 127 Å². The fourth-order valence-electron chi connectivity index (χ4n) is 2.13. The first-order chi connectivity index (χ1) is 10.1. The highest BCUT2D eigenvalue weighted by molar-refractivity contribution is 6.17. The van der Waals surface area contributed by atoms with Crippen molar-refractivity contribution in [2.75, 3.05) is 0 Å². The Balaban J connectivity index is 2.64. The number of halogens is 7. The Hall–Kier alpha value is -1.69. The summed E-state index contributed by atoms with van der Waals surface area (Å²) >= 11 is 5.60. The second kappa shape index (κ2) is 5.83. The molecule has 22 heavy (non-hydrogen) atoms. The molecule has 0 saturated carbocycles. The lowest BCUT2D eigenvalue weighted by atomic mass is 9.95. The number of benzene rings is 2. The molecule has 0 unspecified atom stereocenters. The van der Waals surface area contributed by atoms with Crippen molar-refractivity contribution in [2.45, 2.75) is 18.2 Å². The molecule has 118 valence electrons. The van der Waals surface area contributed by atoms with Gasteiger partial charge in [-0.1, -0.05) is 24.3 Å². The van der Waals surface area contributed by atoms with Gasteiger partial charge >= 0.3 is 12.4 Å². The summed E-state index contributed by atoms with van der Waals surface area (Å²) in [6.07, 6.45) is -9.19. The predicted octanol–water partition coefficient (Wildman–Crippen LogP) is 6.13. The van der Waals surface area contributed by atoms with Crippen molar-refractivity contribution >= 4 is 11.6 Å². The number of hydrogen-bond acceptors (Lipinski definition) is 0. The molecule has 0 saturated heterocycles. The lowest BCUT2D eigenvalue weighted by molar-refractivity contribution is -0.138. The molecule has 0 aliphatic heterocycles. The fraction of sp³-hybridized carbons (Fsp3) is 0.200. The van der Waals surface area contributed by atoms with Gasteiger partial charge in [0.15, 0.2) is 0 Å². The standard InChI is InChI=1S/C15H9ClF6/c16-8-12-11(5-2-6-13(12)15(20,21)22)9-3-1-4-10(7-9)14(17,18)19/h1-7H,8H2. The summed E-state index contributed by atoms with van der Waals surface area (Å²) in [7, 11) is 0. The van der Waals surface area contributed by atoms with E-state index in [1.807, 2.05) is 0 Å². The minimum absolute atomic E-state index is 0.0379. The second-order valence-corrected chi connectivity index (χ2v) is 4.81. The molecule has 0 radical (unpaired) electrons. The van der Waals surface area contributed by atoms with E-state index in [2.05, 4.69) is 0 Å². The zero-order valence-corrected chi connectivity index (χ0v) is 11.7. The van der Waals surface area contributed by atoms with Crippen LogP contribution in [-0.4, -0.2) is 0 Å². The molecule has 0 aliphatic carbocycles. The Morgan fingerprint density at radius 2 is 1.45 bits per heavy atom. The van der Waals surface area contributed by atoms with Crippen molar-refractivity contribution in [3.63, 3.8) is 0 Å². The molecule has 2 aromatic rings. The topological polar surface area (TPSA) is 0 Å². The van der Waals surface area contributed by atoms with Crippen molar-refractivity contribution in [3.8, 4) is 11.1 Å². The Kier molecular flexibility index (Phi) is 4.42. The average molecular weight is 339 g/mol. The summed E-state index contributed by atoms with van der Waals surface area (Å²) in [5.74, 6) is -0.457. The third kappa shape index (κ3) is 3.38. The van der Waals surface area contributed by atoms with Crippen molar-refractivity contribution in [1.29, 1.82) is 0 Å². The van der Waals surface area contributed by atoms with E-state index in [1.54, 1.807) is 0 Å². The van der Waals surface area contributed by atoms with Crippen LogP contribution in [0.15, 0.2) is 42.5 Å². The average Bonchev–Trinajstić information content (AvgIpc) is 2.44. The maximum absolute atomic E-state index is 13.0. The molecule has 7 heteroatoms. The van der Waals surface area contributed by atoms with E-state index in [9.17, 15) is 26.3 Å². The Morgan fingerprint density at radius 1 is 0.818 bits per heavy atom. The molecule has 0 heterocycles. The van der Waals surface area contributed by atoms with E-state index in [4.69, 9.17) is 11.6 Å². The third-order valence-electron chi connectivity index (χ3n) is 3.12. The van der Waals surface area contributed by atoms with Gasteiger partial charge in [-0.05, 0) is 34.9 Å². The Morgan fingerprint density at radius 3 is 2.00 bits per heavy atom. The number of rotatable bonds is 2. The van der Waals surface area contributed by atoms with Gasteiger partial charge in [0.2, 0.25) is 0 Å². The lowest BCUT2D eigenvalue weighted by Gasteiger charge is -2.16. The highest BCUT2D eigenvalue weighted by Crippen LogP contribution is 2.39. The van der Waals surface area contributed by atoms with Gasteiger partial charge in [-0.2, -0.15) is 26.3 Å². The summed E-state index contributed by atoms with van der Waals surface area (Å²) in [4.78, 5) is 0. The first kappa shape index (κ1) is 16.7. The summed E-state index contributed by atoms with van der Waals surface area (Å²) in [5.41, 5.74) is -2.04. The molecular formula is C15H9ClF6. The smallest absolute Gasteiger partial charge is 0.166 e. The van der Waals surface area contributed by atoms with Crippen LogP contribution in [0, 0.1) is 0 Å². The van der Waals surface area contributed by atoms with Crippen molar-refractivity contribution in [3.05, 3.63) is 59.2 Å². The lowest BCUT2D eigenvalue weighted by Crippen LogP contribution is -2.09. The monoisotopic (exact) mass is 338 g/mol. The maximum Gasteiger partial charge on any atom is 0.416 e. The van der Waals surface area contributed by atoms with Gasteiger partial charge in [-0.25, -0.2) is 0 Å². The normalized spacial score (nSPS) is 12.5. The highest BCUT2D eigenvalue weighted by Gasteiger charge is 2.34. The molecule has 0 atom stereocenters. The minimum Gasteiger partial charge on any atom is -0.166 e. The van der Waals surface area contributed by atoms with Gasteiger partial charge < -0.3 is 0 Å².